The van der Waals surface area contributed by atoms with Gasteiger partial charge in [-0.15, -0.1) is 0 Å². The molecule has 0 atom stereocenters. The summed E-state index contributed by atoms with van der Waals surface area (Å²) in [6.07, 6.45) is 3.67. The van der Waals surface area contributed by atoms with Gasteiger partial charge in [0.05, 0.1) is 19.8 Å². The van der Waals surface area contributed by atoms with Gasteiger partial charge in [-0.25, -0.2) is 4.57 Å². The average Bonchev–Trinajstić information content (AvgIpc) is 2.35. The van der Waals surface area contributed by atoms with E-state index in [0.717, 1.165) is 25.7 Å². The summed E-state index contributed by atoms with van der Waals surface area (Å²) in [5, 5.41) is 8.50. The van der Waals surface area contributed by atoms with E-state index in [-0.39, 0.29) is 19.4 Å². The number of phosphoric acid groups is 1. The number of hydrogen-bond acceptors (Lipinski definition) is 5. The van der Waals surface area contributed by atoms with Crippen molar-refractivity contribution in [1.82, 2.24) is 0 Å². The van der Waals surface area contributed by atoms with Crippen LogP contribution in [0.5, 0.6) is 0 Å². The molecule has 0 bridgehead atoms. The fourth-order valence-electron chi connectivity index (χ4n) is 1.15. The molecule has 0 heterocycles. The standard InChI is InChI=1S/C12H25O6P/c1-3-5-9-16-19(15,17-10-6-4-2)18-11-7-8-12(13)14/h3-11H2,1-2H3,(H,13,14). The van der Waals surface area contributed by atoms with Crippen molar-refractivity contribution >= 4 is 13.8 Å². The van der Waals surface area contributed by atoms with Crippen LogP contribution in [-0.2, 0) is 22.9 Å². The van der Waals surface area contributed by atoms with Crippen molar-refractivity contribution in [3.05, 3.63) is 0 Å². The van der Waals surface area contributed by atoms with E-state index in [1.807, 2.05) is 13.8 Å². The maximum absolute atomic E-state index is 12.2. The predicted molar refractivity (Wildman–Crippen MR) is 72.1 cm³/mol. The zero-order valence-electron chi connectivity index (χ0n) is 11.8. The summed E-state index contributed by atoms with van der Waals surface area (Å²) in [6, 6.07) is 0. The minimum Gasteiger partial charge on any atom is -0.481 e. The molecule has 0 aromatic carbocycles. The number of aliphatic carboxylic acids is 1. The SMILES string of the molecule is CCCCOP(=O)(OCCCC)OCCCC(=O)O. The lowest BCUT2D eigenvalue weighted by molar-refractivity contribution is -0.137. The number of carboxylic acids is 1. The third-order valence-electron chi connectivity index (χ3n) is 2.28. The lowest BCUT2D eigenvalue weighted by Gasteiger charge is -2.17. The van der Waals surface area contributed by atoms with E-state index in [2.05, 4.69) is 0 Å². The maximum Gasteiger partial charge on any atom is 0.474 e. The Labute approximate surface area is 115 Å². The van der Waals surface area contributed by atoms with E-state index in [0.29, 0.717) is 13.2 Å². The molecule has 0 aromatic rings. The van der Waals surface area contributed by atoms with Crippen molar-refractivity contribution in [2.75, 3.05) is 19.8 Å². The first-order valence-electron chi connectivity index (χ1n) is 6.79. The van der Waals surface area contributed by atoms with Crippen molar-refractivity contribution in [3.8, 4) is 0 Å². The molecule has 7 heteroatoms. The van der Waals surface area contributed by atoms with Crippen LogP contribution in [0.3, 0.4) is 0 Å². The van der Waals surface area contributed by atoms with Gasteiger partial charge < -0.3 is 5.11 Å². The number of phosphoric ester groups is 1. The molecule has 19 heavy (non-hydrogen) atoms. The van der Waals surface area contributed by atoms with Crippen LogP contribution < -0.4 is 0 Å². The van der Waals surface area contributed by atoms with Crippen LogP contribution in [0, 0.1) is 0 Å². The summed E-state index contributed by atoms with van der Waals surface area (Å²) in [7, 11) is -3.53. The highest BCUT2D eigenvalue weighted by atomic mass is 31.2. The molecular formula is C12H25O6P. The van der Waals surface area contributed by atoms with Crippen LogP contribution in [0.1, 0.15) is 52.4 Å². The Kier molecular flexibility index (Phi) is 11.2. The molecular weight excluding hydrogens is 271 g/mol. The lowest BCUT2D eigenvalue weighted by atomic mass is 10.3. The van der Waals surface area contributed by atoms with E-state index in [9.17, 15) is 9.36 Å². The lowest BCUT2D eigenvalue weighted by Crippen LogP contribution is -2.05. The molecule has 0 rings (SSSR count). The topological polar surface area (TPSA) is 82.1 Å². The van der Waals surface area contributed by atoms with Crippen molar-refractivity contribution in [2.45, 2.75) is 52.4 Å². The van der Waals surface area contributed by atoms with Gasteiger partial charge in [0.25, 0.3) is 0 Å². The molecule has 0 amide bonds. The zero-order chi connectivity index (χ0) is 14.6. The van der Waals surface area contributed by atoms with Gasteiger partial charge in [-0.1, -0.05) is 26.7 Å². The Hall–Kier alpha value is -0.420. The average molecular weight is 296 g/mol. The molecule has 0 saturated heterocycles. The first-order chi connectivity index (χ1) is 9.04. The molecule has 0 radical (unpaired) electrons. The minimum atomic E-state index is -3.53. The Morgan fingerprint density at radius 3 is 1.74 bits per heavy atom. The second-order valence-corrected chi connectivity index (χ2v) is 5.82. The van der Waals surface area contributed by atoms with Gasteiger partial charge in [-0.2, -0.15) is 0 Å². The number of hydrogen-bond donors (Lipinski definition) is 1. The monoisotopic (exact) mass is 296 g/mol. The Bertz CT molecular complexity index is 267. The van der Waals surface area contributed by atoms with Gasteiger partial charge >= 0.3 is 13.8 Å². The first kappa shape index (κ1) is 18.6. The molecule has 0 aliphatic heterocycles. The summed E-state index contributed by atoms with van der Waals surface area (Å²) in [5.41, 5.74) is 0. The van der Waals surface area contributed by atoms with Crippen LogP contribution >= 0.6 is 7.82 Å². The van der Waals surface area contributed by atoms with Crippen molar-refractivity contribution in [1.29, 1.82) is 0 Å². The highest BCUT2D eigenvalue weighted by molar-refractivity contribution is 7.48. The smallest absolute Gasteiger partial charge is 0.474 e. The van der Waals surface area contributed by atoms with Crippen molar-refractivity contribution in [2.24, 2.45) is 0 Å². The first-order valence-corrected chi connectivity index (χ1v) is 8.25. The van der Waals surface area contributed by atoms with Gasteiger partial charge in [0.15, 0.2) is 0 Å². The van der Waals surface area contributed by atoms with Gasteiger partial charge in [-0.05, 0) is 19.3 Å². The quantitative estimate of drug-likeness (QED) is 0.413. The van der Waals surface area contributed by atoms with Crippen molar-refractivity contribution in [3.63, 3.8) is 0 Å². The molecule has 0 aliphatic rings. The molecule has 114 valence electrons. The second kappa shape index (κ2) is 11.4. The van der Waals surface area contributed by atoms with Crippen molar-refractivity contribution < 1.29 is 28.0 Å². The summed E-state index contributed by atoms with van der Waals surface area (Å²) in [4.78, 5) is 10.4. The van der Waals surface area contributed by atoms with Crippen LogP contribution in [0.4, 0.5) is 0 Å². The summed E-state index contributed by atoms with van der Waals surface area (Å²) in [5.74, 6) is -0.905. The molecule has 0 saturated carbocycles. The Morgan fingerprint density at radius 1 is 0.947 bits per heavy atom. The number of carboxylic acid groups (broad SMARTS) is 1. The summed E-state index contributed by atoms with van der Waals surface area (Å²) in [6.45, 7) is 4.69. The van der Waals surface area contributed by atoms with E-state index in [4.69, 9.17) is 18.7 Å². The second-order valence-electron chi connectivity index (χ2n) is 4.15. The van der Waals surface area contributed by atoms with Crippen LogP contribution in [-0.4, -0.2) is 30.9 Å². The van der Waals surface area contributed by atoms with Gasteiger partial charge in [0.1, 0.15) is 0 Å². The fraction of sp³-hybridized carbons (Fsp3) is 0.917. The number of rotatable bonds is 13. The van der Waals surface area contributed by atoms with Gasteiger partial charge in [-0.3, -0.25) is 18.4 Å². The fourth-order valence-corrected chi connectivity index (χ4v) is 2.43. The Morgan fingerprint density at radius 2 is 1.37 bits per heavy atom. The molecule has 0 unspecified atom stereocenters. The molecule has 0 aliphatic carbocycles. The largest absolute Gasteiger partial charge is 0.481 e. The van der Waals surface area contributed by atoms with E-state index in [1.54, 1.807) is 0 Å². The minimum absolute atomic E-state index is 0.0239. The normalized spacial score (nSPS) is 11.7. The number of carbonyl (C=O) groups is 1. The maximum atomic E-state index is 12.2. The predicted octanol–water partition coefficient (Wildman–Crippen LogP) is 3.61. The molecule has 0 aromatic heterocycles. The van der Waals surface area contributed by atoms with Crippen LogP contribution in [0.2, 0.25) is 0 Å². The van der Waals surface area contributed by atoms with Gasteiger partial charge in [0, 0.05) is 6.42 Å². The van der Waals surface area contributed by atoms with E-state index in [1.165, 1.54) is 0 Å². The van der Waals surface area contributed by atoms with Crippen LogP contribution in [0.15, 0.2) is 0 Å². The number of unbranched alkanes of at least 4 members (excludes halogenated alkanes) is 2. The Balaban J connectivity index is 4.07. The summed E-state index contributed by atoms with van der Waals surface area (Å²) >= 11 is 0. The summed E-state index contributed by atoms with van der Waals surface area (Å²) < 4.78 is 27.7. The molecule has 6 nitrogen and oxygen atoms in total. The third-order valence-corrected chi connectivity index (χ3v) is 3.78. The van der Waals surface area contributed by atoms with Crippen LogP contribution in [0.25, 0.3) is 0 Å². The van der Waals surface area contributed by atoms with E-state index >= 15 is 0 Å². The molecule has 0 spiro atoms. The third kappa shape index (κ3) is 11.1. The zero-order valence-corrected chi connectivity index (χ0v) is 12.7. The van der Waals surface area contributed by atoms with Gasteiger partial charge in [0.2, 0.25) is 0 Å². The highest BCUT2D eigenvalue weighted by Crippen LogP contribution is 2.49. The molecule has 1 N–H and O–H groups in total. The highest BCUT2D eigenvalue weighted by Gasteiger charge is 2.26. The molecule has 0 fully saturated rings. The van der Waals surface area contributed by atoms with E-state index < -0.39 is 13.8 Å².